The molecular formula is C18H22ClNO4. The normalized spacial score (nSPS) is 25.0. The number of nitrogens with one attached hydrogen (secondary N) is 1. The molecule has 6 heteroatoms. The number of benzene rings is 1. The van der Waals surface area contributed by atoms with Gasteiger partial charge in [-0.25, -0.2) is 0 Å². The zero-order valence-electron chi connectivity index (χ0n) is 13.4. The molecule has 1 aromatic carbocycles. The Labute approximate surface area is 146 Å². The highest BCUT2D eigenvalue weighted by atomic mass is 35.5. The van der Waals surface area contributed by atoms with Gasteiger partial charge < -0.3 is 15.2 Å². The van der Waals surface area contributed by atoms with Crippen molar-refractivity contribution in [1.82, 2.24) is 5.32 Å². The van der Waals surface area contributed by atoms with Gasteiger partial charge >= 0.3 is 5.97 Å². The van der Waals surface area contributed by atoms with Crippen LogP contribution in [0.15, 0.2) is 24.3 Å². The van der Waals surface area contributed by atoms with Gasteiger partial charge in [0.25, 0.3) is 0 Å². The van der Waals surface area contributed by atoms with E-state index in [4.69, 9.17) is 16.3 Å². The average molecular weight is 352 g/mol. The number of hydrogen-bond donors (Lipinski definition) is 2. The van der Waals surface area contributed by atoms with Crippen LogP contribution in [0.5, 0.6) is 0 Å². The minimum absolute atomic E-state index is 0.0571. The van der Waals surface area contributed by atoms with Crippen molar-refractivity contribution >= 4 is 23.5 Å². The van der Waals surface area contributed by atoms with E-state index in [-0.39, 0.29) is 30.2 Å². The van der Waals surface area contributed by atoms with Crippen LogP contribution in [0.25, 0.3) is 0 Å². The first-order valence-electron chi connectivity index (χ1n) is 8.40. The maximum absolute atomic E-state index is 12.3. The van der Waals surface area contributed by atoms with Crippen LogP contribution in [0, 0.1) is 17.8 Å². The van der Waals surface area contributed by atoms with E-state index in [1.165, 1.54) is 0 Å². The van der Waals surface area contributed by atoms with E-state index in [2.05, 4.69) is 5.32 Å². The number of carbonyl (C=O) groups excluding carboxylic acids is 1. The number of carboxylic acid groups (broad SMARTS) is 1. The van der Waals surface area contributed by atoms with E-state index in [0.717, 1.165) is 24.8 Å². The molecule has 3 rings (SSSR count). The molecule has 2 fully saturated rings. The second-order valence-electron chi connectivity index (χ2n) is 6.64. The molecule has 0 radical (unpaired) electrons. The lowest BCUT2D eigenvalue weighted by molar-refractivity contribution is -0.145. The maximum atomic E-state index is 12.3. The Balaban J connectivity index is 1.52. The van der Waals surface area contributed by atoms with Gasteiger partial charge in [-0.3, -0.25) is 9.59 Å². The van der Waals surface area contributed by atoms with Crippen molar-refractivity contribution in [2.45, 2.75) is 25.2 Å². The van der Waals surface area contributed by atoms with Gasteiger partial charge in [0.1, 0.15) is 0 Å². The minimum Gasteiger partial charge on any atom is -0.481 e. The standard InChI is InChI=1S/C18H22ClNO4/c19-13-3-1-2-12(8-13)14-9-15(14)17(21)20-10-16(18(22)23)11-4-6-24-7-5-11/h1-3,8,11,14-16H,4-7,9-10H2,(H,20,21)(H,22,23). The van der Waals surface area contributed by atoms with E-state index in [0.29, 0.717) is 18.2 Å². The molecule has 3 atom stereocenters. The zero-order valence-corrected chi connectivity index (χ0v) is 14.2. The van der Waals surface area contributed by atoms with E-state index >= 15 is 0 Å². The summed E-state index contributed by atoms with van der Waals surface area (Å²) in [6.07, 6.45) is 2.27. The molecule has 1 aliphatic heterocycles. The Morgan fingerprint density at radius 3 is 2.75 bits per heavy atom. The summed E-state index contributed by atoms with van der Waals surface area (Å²) in [5, 5.41) is 13.0. The predicted octanol–water partition coefficient (Wildman–Crippen LogP) is 2.69. The Kier molecular flexibility index (Phi) is 5.41. The molecular weight excluding hydrogens is 330 g/mol. The molecule has 1 aliphatic carbocycles. The van der Waals surface area contributed by atoms with Crippen molar-refractivity contribution in [3.63, 3.8) is 0 Å². The third kappa shape index (κ3) is 4.08. The third-order valence-corrected chi connectivity index (χ3v) is 5.29. The monoisotopic (exact) mass is 351 g/mol. The SMILES string of the molecule is O=C(O)C(CNC(=O)C1CC1c1cccc(Cl)c1)C1CCOCC1. The second kappa shape index (κ2) is 7.53. The molecule has 3 unspecified atom stereocenters. The summed E-state index contributed by atoms with van der Waals surface area (Å²) in [7, 11) is 0. The summed E-state index contributed by atoms with van der Waals surface area (Å²) in [6, 6.07) is 7.57. The van der Waals surface area contributed by atoms with Gasteiger partial charge in [-0.15, -0.1) is 0 Å². The van der Waals surface area contributed by atoms with Crippen molar-refractivity contribution in [3.8, 4) is 0 Å². The molecule has 0 spiro atoms. The number of rotatable bonds is 6. The summed E-state index contributed by atoms with van der Waals surface area (Å²) in [4.78, 5) is 23.8. The Hall–Kier alpha value is -1.59. The highest BCUT2D eigenvalue weighted by molar-refractivity contribution is 6.30. The average Bonchev–Trinajstić information content (AvgIpc) is 3.36. The molecule has 0 aromatic heterocycles. The first-order valence-corrected chi connectivity index (χ1v) is 8.78. The van der Waals surface area contributed by atoms with Gasteiger partial charge in [-0.05, 0) is 48.8 Å². The number of ether oxygens (including phenoxy) is 1. The number of halogens is 1. The fraction of sp³-hybridized carbons (Fsp3) is 0.556. The van der Waals surface area contributed by atoms with Crippen molar-refractivity contribution in [2.24, 2.45) is 17.8 Å². The molecule has 1 aromatic rings. The molecule has 24 heavy (non-hydrogen) atoms. The molecule has 1 saturated carbocycles. The van der Waals surface area contributed by atoms with Crippen LogP contribution in [-0.2, 0) is 14.3 Å². The highest BCUT2D eigenvalue weighted by Gasteiger charge is 2.44. The molecule has 130 valence electrons. The number of aliphatic carboxylic acids is 1. The molecule has 2 N–H and O–H groups in total. The van der Waals surface area contributed by atoms with E-state index in [9.17, 15) is 14.7 Å². The van der Waals surface area contributed by atoms with Gasteiger partial charge in [0.05, 0.1) is 5.92 Å². The highest BCUT2D eigenvalue weighted by Crippen LogP contribution is 2.48. The smallest absolute Gasteiger partial charge is 0.308 e. The first kappa shape index (κ1) is 17.2. The lowest BCUT2D eigenvalue weighted by Gasteiger charge is -2.27. The van der Waals surface area contributed by atoms with Gasteiger partial charge in [0, 0.05) is 30.7 Å². The van der Waals surface area contributed by atoms with Crippen molar-refractivity contribution in [3.05, 3.63) is 34.9 Å². The lowest BCUT2D eigenvalue weighted by Crippen LogP contribution is -2.39. The summed E-state index contributed by atoms with van der Waals surface area (Å²) in [5.41, 5.74) is 1.07. The zero-order chi connectivity index (χ0) is 17.1. The van der Waals surface area contributed by atoms with Crippen LogP contribution < -0.4 is 5.32 Å². The van der Waals surface area contributed by atoms with Crippen LogP contribution in [0.3, 0.4) is 0 Å². The first-order chi connectivity index (χ1) is 11.6. The Morgan fingerprint density at radius 2 is 2.08 bits per heavy atom. The van der Waals surface area contributed by atoms with Gasteiger partial charge in [0.2, 0.25) is 5.91 Å². The Bertz CT molecular complexity index is 615. The van der Waals surface area contributed by atoms with Crippen LogP contribution in [-0.4, -0.2) is 36.7 Å². The summed E-state index contributed by atoms with van der Waals surface area (Å²) < 4.78 is 5.29. The lowest BCUT2D eigenvalue weighted by atomic mass is 9.86. The number of hydrogen-bond acceptors (Lipinski definition) is 3. The van der Waals surface area contributed by atoms with Crippen LogP contribution in [0.2, 0.25) is 5.02 Å². The summed E-state index contributed by atoms with van der Waals surface area (Å²) >= 11 is 5.99. The summed E-state index contributed by atoms with van der Waals surface area (Å²) in [6.45, 7) is 1.39. The van der Waals surface area contributed by atoms with Crippen molar-refractivity contribution in [1.29, 1.82) is 0 Å². The Morgan fingerprint density at radius 1 is 1.33 bits per heavy atom. The number of amides is 1. The van der Waals surface area contributed by atoms with E-state index < -0.39 is 11.9 Å². The quantitative estimate of drug-likeness (QED) is 0.826. The molecule has 5 nitrogen and oxygen atoms in total. The molecule has 1 amide bonds. The maximum Gasteiger partial charge on any atom is 0.308 e. The number of carboxylic acids is 1. The van der Waals surface area contributed by atoms with Crippen molar-refractivity contribution < 1.29 is 19.4 Å². The number of carbonyl (C=O) groups is 2. The molecule has 1 saturated heterocycles. The molecule has 2 aliphatic rings. The molecule has 1 heterocycles. The van der Waals surface area contributed by atoms with Gasteiger partial charge in [-0.1, -0.05) is 23.7 Å². The van der Waals surface area contributed by atoms with Crippen LogP contribution in [0.4, 0.5) is 0 Å². The second-order valence-corrected chi connectivity index (χ2v) is 7.08. The van der Waals surface area contributed by atoms with Crippen LogP contribution >= 0.6 is 11.6 Å². The van der Waals surface area contributed by atoms with Crippen LogP contribution in [0.1, 0.15) is 30.7 Å². The topological polar surface area (TPSA) is 75.6 Å². The largest absolute Gasteiger partial charge is 0.481 e. The predicted molar refractivity (Wildman–Crippen MR) is 90.0 cm³/mol. The fourth-order valence-electron chi connectivity index (χ4n) is 3.51. The van der Waals surface area contributed by atoms with Gasteiger partial charge in [0.15, 0.2) is 0 Å². The van der Waals surface area contributed by atoms with E-state index in [1.54, 1.807) is 0 Å². The molecule has 0 bridgehead atoms. The van der Waals surface area contributed by atoms with Crippen molar-refractivity contribution in [2.75, 3.05) is 19.8 Å². The van der Waals surface area contributed by atoms with E-state index in [1.807, 2.05) is 24.3 Å². The fourth-order valence-corrected chi connectivity index (χ4v) is 3.70. The van der Waals surface area contributed by atoms with Gasteiger partial charge in [-0.2, -0.15) is 0 Å². The third-order valence-electron chi connectivity index (χ3n) is 5.05. The summed E-state index contributed by atoms with van der Waals surface area (Å²) in [5.74, 6) is -1.26. The minimum atomic E-state index is -0.843.